The van der Waals surface area contributed by atoms with Crippen molar-refractivity contribution < 1.29 is 9.94 Å². The fourth-order valence-electron chi connectivity index (χ4n) is 1.09. The molecule has 0 spiro atoms. The molecule has 0 heterocycles. The van der Waals surface area contributed by atoms with Crippen molar-refractivity contribution in [2.45, 2.75) is 19.4 Å². The number of halogens is 1. The molecule has 82 valence electrons. The van der Waals surface area contributed by atoms with Crippen LogP contribution in [0.15, 0.2) is 29.4 Å². The molecule has 5 heteroatoms. The molecule has 0 bridgehead atoms. The van der Waals surface area contributed by atoms with E-state index in [1.807, 2.05) is 6.92 Å². The average Bonchev–Trinajstić information content (AvgIpc) is 2.27. The summed E-state index contributed by atoms with van der Waals surface area (Å²) in [6, 6.07) is 6.90. The Morgan fingerprint density at radius 1 is 1.53 bits per heavy atom. The van der Waals surface area contributed by atoms with E-state index in [9.17, 15) is 0 Å². The lowest BCUT2D eigenvalue weighted by molar-refractivity contribution is 0.246. The van der Waals surface area contributed by atoms with Gasteiger partial charge in [0.25, 0.3) is 0 Å². The molecule has 1 rings (SSSR count). The normalized spacial score (nSPS) is 13.6. The maximum Gasteiger partial charge on any atom is 0.180 e. The minimum Gasteiger partial charge on any atom is -0.482 e. The van der Waals surface area contributed by atoms with Gasteiger partial charge in [0.15, 0.2) is 11.9 Å². The van der Waals surface area contributed by atoms with E-state index in [0.717, 1.165) is 0 Å². The van der Waals surface area contributed by atoms with Gasteiger partial charge in [-0.1, -0.05) is 23.7 Å². The Labute approximate surface area is 93.3 Å². The molecule has 1 atom stereocenters. The highest BCUT2D eigenvalue weighted by atomic mass is 35.5. The van der Waals surface area contributed by atoms with Crippen LogP contribution in [0.25, 0.3) is 0 Å². The summed E-state index contributed by atoms with van der Waals surface area (Å²) in [5, 5.41) is 12.1. The number of oxime groups is 1. The van der Waals surface area contributed by atoms with E-state index in [4.69, 9.17) is 27.3 Å². The molecule has 15 heavy (non-hydrogen) atoms. The molecule has 0 fully saturated rings. The third kappa shape index (κ3) is 3.32. The summed E-state index contributed by atoms with van der Waals surface area (Å²) in [5.41, 5.74) is 5.45. The molecule has 1 aromatic carbocycles. The van der Waals surface area contributed by atoms with E-state index in [2.05, 4.69) is 5.16 Å². The highest BCUT2D eigenvalue weighted by Gasteiger charge is 2.13. The van der Waals surface area contributed by atoms with Crippen LogP contribution in [0.1, 0.15) is 13.3 Å². The number of hydrogen-bond acceptors (Lipinski definition) is 3. The predicted octanol–water partition coefficient (Wildman–Crippen LogP) is 2.24. The number of amidine groups is 1. The molecule has 0 aliphatic heterocycles. The van der Waals surface area contributed by atoms with Crippen molar-refractivity contribution in [3.8, 4) is 5.75 Å². The van der Waals surface area contributed by atoms with E-state index in [0.29, 0.717) is 17.2 Å². The lowest BCUT2D eigenvalue weighted by atomic mass is 10.2. The largest absolute Gasteiger partial charge is 0.482 e. The van der Waals surface area contributed by atoms with Gasteiger partial charge in [-0.15, -0.1) is 0 Å². The summed E-state index contributed by atoms with van der Waals surface area (Å²) >= 11 is 5.73. The zero-order valence-corrected chi connectivity index (χ0v) is 9.11. The van der Waals surface area contributed by atoms with Gasteiger partial charge in [-0.25, -0.2) is 0 Å². The summed E-state index contributed by atoms with van der Waals surface area (Å²) < 4.78 is 5.50. The van der Waals surface area contributed by atoms with Crippen LogP contribution in [-0.4, -0.2) is 17.1 Å². The third-order valence-corrected chi connectivity index (χ3v) is 2.16. The molecule has 0 aliphatic rings. The summed E-state index contributed by atoms with van der Waals surface area (Å²) in [4.78, 5) is 0. The zero-order chi connectivity index (χ0) is 11.3. The van der Waals surface area contributed by atoms with Crippen LogP contribution >= 0.6 is 11.6 Å². The quantitative estimate of drug-likeness (QED) is 0.359. The van der Waals surface area contributed by atoms with E-state index < -0.39 is 6.10 Å². The predicted molar refractivity (Wildman–Crippen MR) is 59.6 cm³/mol. The Balaban J connectivity index is 2.71. The topological polar surface area (TPSA) is 67.8 Å². The van der Waals surface area contributed by atoms with Crippen molar-refractivity contribution in [2.24, 2.45) is 10.9 Å². The van der Waals surface area contributed by atoms with Crippen molar-refractivity contribution in [3.63, 3.8) is 0 Å². The fraction of sp³-hybridized carbons (Fsp3) is 0.300. The summed E-state index contributed by atoms with van der Waals surface area (Å²) in [6.45, 7) is 1.89. The van der Waals surface area contributed by atoms with Crippen LogP contribution in [0.4, 0.5) is 0 Å². The van der Waals surface area contributed by atoms with Gasteiger partial charge in [-0.2, -0.15) is 0 Å². The standard InChI is InChI=1S/C10H13ClN2O2/c1-2-9(10(12)13-14)15-8-5-3-7(11)4-6-8/h3-6,9,14H,2H2,1H3,(H2,12,13). The molecule has 0 radical (unpaired) electrons. The second-order valence-corrected chi connectivity index (χ2v) is 3.43. The molecule has 0 saturated carbocycles. The van der Waals surface area contributed by atoms with Gasteiger partial charge >= 0.3 is 0 Å². The third-order valence-electron chi connectivity index (χ3n) is 1.91. The Kier molecular flexibility index (Phi) is 4.24. The van der Waals surface area contributed by atoms with Gasteiger partial charge in [0.05, 0.1) is 0 Å². The SMILES string of the molecule is CCC(Oc1ccc(Cl)cc1)C(N)=NO. The fourth-order valence-corrected chi connectivity index (χ4v) is 1.22. The van der Waals surface area contributed by atoms with Crippen LogP contribution in [0.3, 0.4) is 0 Å². The molecule has 3 N–H and O–H groups in total. The maximum atomic E-state index is 8.52. The first-order valence-electron chi connectivity index (χ1n) is 4.57. The highest BCUT2D eigenvalue weighted by Crippen LogP contribution is 2.17. The van der Waals surface area contributed by atoms with Gasteiger partial charge in [0.1, 0.15) is 5.75 Å². The second-order valence-electron chi connectivity index (χ2n) is 2.99. The first kappa shape index (κ1) is 11.7. The first-order chi connectivity index (χ1) is 7.17. The van der Waals surface area contributed by atoms with Crippen LogP contribution in [0, 0.1) is 0 Å². The molecular weight excluding hydrogens is 216 g/mol. The lowest BCUT2D eigenvalue weighted by Crippen LogP contribution is -2.33. The van der Waals surface area contributed by atoms with Gasteiger partial charge < -0.3 is 15.7 Å². The molecular formula is C10H13ClN2O2. The Morgan fingerprint density at radius 3 is 2.60 bits per heavy atom. The molecule has 0 aliphatic carbocycles. The van der Waals surface area contributed by atoms with Gasteiger partial charge in [-0.05, 0) is 30.7 Å². The Morgan fingerprint density at radius 2 is 2.13 bits per heavy atom. The lowest BCUT2D eigenvalue weighted by Gasteiger charge is -2.15. The Hall–Kier alpha value is -1.42. The second kappa shape index (κ2) is 5.46. The first-order valence-corrected chi connectivity index (χ1v) is 4.94. The minimum absolute atomic E-state index is 0.0625. The van der Waals surface area contributed by atoms with Crippen LogP contribution < -0.4 is 10.5 Å². The van der Waals surface area contributed by atoms with E-state index in [1.165, 1.54) is 0 Å². The maximum absolute atomic E-state index is 8.52. The number of ether oxygens (including phenoxy) is 1. The monoisotopic (exact) mass is 228 g/mol. The number of nitrogens with zero attached hydrogens (tertiary/aromatic N) is 1. The molecule has 0 amide bonds. The number of rotatable bonds is 4. The zero-order valence-electron chi connectivity index (χ0n) is 8.35. The van der Waals surface area contributed by atoms with Crippen molar-refractivity contribution in [3.05, 3.63) is 29.3 Å². The molecule has 0 aromatic heterocycles. The average molecular weight is 229 g/mol. The summed E-state index contributed by atoms with van der Waals surface area (Å²) in [6.07, 6.45) is 0.203. The molecule has 1 unspecified atom stereocenters. The van der Waals surface area contributed by atoms with E-state index >= 15 is 0 Å². The van der Waals surface area contributed by atoms with E-state index in [1.54, 1.807) is 24.3 Å². The Bertz CT molecular complexity index is 338. The minimum atomic E-state index is -0.420. The van der Waals surface area contributed by atoms with Crippen LogP contribution in [0.2, 0.25) is 5.02 Å². The smallest absolute Gasteiger partial charge is 0.180 e. The number of nitrogens with two attached hydrogens (primary N) is 1. The van der Waals surface area contributed by atoms with Crippen LogP contribution in [-0.2, 0) is 0 Å². The molecule has 0 saturated heterocycles. The molecule has 4 nitrogen and oxygen atoms in total. The van der Waals surface area contributed by atoms with Crippen molar-refractivity contribution in [1.82, 2.24) is 0 Å². The number of hydrogen-bond donors (Lipinski definition) is 2. The van der Waals surface area contributed by atoms with Crippen molar-refractivity contribution >= 4 is 17.4 Å². The van der Waals surface area contributed by atoms with Gasteiger partial charge in [0.2, 0.25) is 0 Å². The van der Waals surface area contributed by atoms with Crippen molar-refractivity contribution in [2.75, 3.05) is 0 Å². The number of benzene rings is 1. The summed E-state index contributed by atoms with van der Waals surface area (Å²) in [5.74, 6) is 0.699. The van der Waals surface area contributed by atoms with Gasteiger partial charge in [0, 0.05) is 5.02 Å². The van der Waals surface area contributed by atoms with Crippen LogP contribution in [0.5, 0.6) is 5.75 Å². The van der Waals surface area contributed by atoms with Crippen molar-refractivity contribution in [1.29, 1.82) is 0 Å². The van der Waals surface area contributed by atoms with E-state index in [-0.39, 0.29) is 5.84 Å². The highest BCUT2D eigenvalue weighted by molar-refractivity contribution is 6.30. The molecule has 1 aromatic rings. The van der Waals surface area contributed by atoms with Gasteiger partial charge in [-0.3, -0.25) is 0 Å². The summed E-state index contributed by atoms with van der Waals surface area (Å²) in [7, 11) is 0.